The maximum atomic E-state index is 12.4. The Balaban J connectivity index is 2.46. The van der Waals surface area contributed by atoms with E-state index in [0.717, 1.165) is 4.70 Å². The third kappa shape index (κ3) is 2.04. The van der Waals surface area contributed by atoms with Gasteiger partial charge in [-0.2, -0.15) is 0 Å². The first kappa shape index (κ1) is 11.4. The van der Waals surface area contributed by atoms with Gasteiger partial charge in [-0.25, -0.2) is 13.8 Å². The molecule has 2 rings (SSSR count). The highest BCUT2D eigenvalue weighted by Gasteiger charge is 2.13. The molecule has 2 aromatic rings. The molecule has 1 aromatic carbocycles. The van der Waals surface area contributed by atoms with Crippen molar-refractivity contribution in [1.82, 2.24) is 4.98 Å². The second-order valence-electron chi connectivity index (χ2n) is 3.33. The number of thiazole rings is 1. The van der Waals surface area contributed by atoms with Crippen LogP contribution in [0.25, 0.3) is 10.2 Å². The van der Waals surface area contributed by atoms with Gasteiger partial charge in [0, 0.05) is 12.1 Å². The van der Waals surface area contributed by atoms with Crippen LogP contribution in [0.1, 0.15) is 23.1 Å². The molecule has 0 aliphatic carbocycles. The summed E-state index contributed by atoms with van der Waals surface area (Å²) in [4.78, 5) is 4.08. The molecule has 0 spiro atoms. The Bertz CT molecular complexity index is 501. The van der Waals surface area contributed by atoms with E-state index in [-0.39, 0.29) is 12.1 Å². The van der Waals surface area contributed by atoms with Crippen molar-refractivity contribution in [3.05, 3.63) is 28.8 Å². The molecule has 1 unspecified atom stereocenters. The molecular weight excluding hydrogens is 234 g/mol. The van der Waals surface area contributed by atoms with Gasteiger partial charge in [0.15, 0.2) is 0 Å². The van der Waals surface area contributed by atoms with Crippen molar-refractivity contribution >= 4 is 21.6 Å². The number of fused-ring (bicyclic) bond motifs is 1. The van der Waals surface area contributed by atoms with Crippen LogP contribution in [0.15, 0.2) is 18.2 Å². The summed E-state index contributed by atoms with van der Waals surface area (Å²) >= 11 is 1.26. The number of aliphatic hydroxyl groups is 1. The summed E-state index contributed by atoms with van der Waals surface area (Å²) in [5, 5.41) is 9.95. The number of hydrogen-bond donors (Lipinski definition) is 2. The molecule has 0 aliphatic heterocycles. The van der Waals surface area contributed by atoms with Crippen LogP contribution >= 0.6 is 11.3 Å². The summed E-state index contributed by atoms with van der Waals surface area (Å²) in [5.41, 5.74) is 5.71. The average Bonchev–Trinajstić information content (AvgIpc) is 2.70. The summed E-state index contributed by atoms with van der Waals surface area (Å²) in [7, 11) is 0. The Morgan fingerprint density at radius 3 is 2.81 bits per heavy atom. The molecule has 0 aliphatic rings. The molecule has 0 bridgehead atoms. The molecule has 0 amide bonds. The van der Waals surface area contributed by atoms with Crippen molar-refractivity contribution < 1.29 is 13.9 Å². The molecular formula is C10H10F2N2OS. The van der Waals surface area contributed by atoms with Gasteiger partial charge in [0.25, 0.3) is 6.43 Å². The Labute approximate surface area is 94.5 Å². The monoisotopic (exact) mass is 244 g/mol. The fourth-order valence-electron chi connectivity index (χ4n) is 1.34. The van der Waals surface area contributed by atoms with E-state index in [1.54, 1.807) is 6.07 Å². The van der Waals surface area contributed by atoms with Gasteiger partial charge < -0.3 is 10.8 Å². The molecule has 86 valence electrons. The minimum absolute atomic E-state index is 0.0633. The van der Waals surface area contributed by atoms with Crippen LogP contribution in [0, 0.1) is 0 Å². The molecule has 0 fully saturated rings. The molecule has 3 N–H and O–H groups in total. The van der Waals surface area contributed by atoms with Gasteiger partial charge in [0.1, 0.15) is 11.1 Å². The van der Waals surface area contributed by atoms with E-state index in [9.17, 15) is 13.9 Å². The number of alkyl halides is 2. The summed E-state index contributed by atoms with van der Waals surface area (Å²) in [5.74, 6) is 0. The zero-order valence-corrected chi connectivity index (χ0v) is 9.05. The van der Waals surface area contributed by atoms with E-state index in [4.69, 9.17) is 5.73 Å². The van der Waals surface area contributed by atoms with Crippen LogP contribution in [0.2, 0.25) is 0 Å². The van der Waals surface area contributed by atoms with Crippen LogP contribution in [-0.2, 0) is 0 Å². The SMILES string of the molecule is NCC(O)c1nc2cc(C(F)F)ccc2s1. The molecule has 3 nitrogen and oxygen atoms in total. The first-order chi connectivity index (χ1) is 7.61. The fraction of sp³-hybridized carbons (Fsp3) is 0.300. The fourth-order valence-corrected chi connectivity index (χ4v) is 2.29. The van der Waals surface area contributed by atoms with Gasteiger partial charge in [-0.15, -0.1) is 11.3 Å². The van der Waals surface area contributed by atoms with Crippen LogP contribution < -0.4 is 5.73 Å². The van der Waals surface area contributed by atoms with E-state index in [2.05, 4.69) is 4.98 Å². The summed E-state index contributed by atoms with van der Waals surface area (Å²) in [6.07, 6.45) is -3.33. The smallest absolute Gasteiger partial charge is 0.263 e. The second-order valence-corrected chi connectivity index (χ2v) is 4.39. The summed E-state index contributed by atoms with van der Waals surface area (Å²) < 4.78 is 25.6. The largest absolute Gasteiger partial charge is 0.385 e. The van der Waals surface area contributed by atoms with Gasteiger partial charge in [0.2, 0.25) is 0 Å². The van der Waals surface area contributed by atoms with E-state index < -0.39 is 12.5 Å². The number of nitrogens with zero attached hydrogens (tertiary/aromatic N) is 1. The number of aliphatic hydroxyl groups excluding tert-OH is 1. The molecule has 1 aromatic heterocycles. The second kappa shape index (κ2) is 4.40. The van der Waals surface area contributed by atoms with Gasteiger partial charge >= 0.3 is 0 Å². The quantitative estimate of drug-likeness (QED) is 0.870. The van der Waals surface area contributed by atoms with Gasteiger partial charge in [-0.3, -0.25) is 0 Å². The van der Waals surface area contributed by atoms with Gasteiger partial charge in [0.05, 0.1) is 10.2 Å². The van der Waals surface area contributed by atoms with Crippen molar-refractivity contribution in [1.29, 1.82) is 0 Å². The Hall–Kier alpha value is -1.11. The Kier molecular flexibility index (Phi) is 3.13. The first-order valence-corrected chi connectivity index (χ1v) is 5.50. The highest BCUT2D eigenvalue weighted by atomic mass is 32.1. The molecule has 6 heteroatoms. The predicted octanol–water partition coefficient (Wildman–Crippen LogP) is 2.23. The maximum absolute atomic E-state index is 12.4. The lowest BCUT2D eigenvalue weighted by Gasteiger charge is -2.00. The van der Waals surface area contributed by atoms with Crippen LogP contribution in [-0.4, -0.2) is 16.6 Å². The number of rotatable bonds is 3. The number of halogens is 2. The first-order valence-electron chi connectivity index (χ1n) is 4.68. The highest BCUT2D eigenvalue weighted by Crippen LogP contribution is 2.29. The maximum Gasteiger partial charge on any atom is 0.263 e. The van der Waals surface area contributed by atoms with Crippen molar-refractivity contribution in [3.8, 4) is 0 Å². The standard InChI is InChI=1S/C10H10F2N2OS/c11-9(12)5-1-2-8-6(3-5)14-10(16-8)7(15)4-13/h1-3,7,9,15H,4,13H2. The predicted molar refractivity (Wildman–Crippen MR) is 58.6 cm³/mol. The summed E-state index contributed by atoms with van der Waals surface area (Å²) in [6.45, 7) is 0.0710. The zero-order valence-electron chi connectivity index (χ0n) is 8.23. The van der Waals surface area contributed by atoms with E-state index in [1.165, 1.54) is 23.5 Å². The molecule has 1 heterocycles. The van der Waals surface area contributed by atoms with E-state index >= 15 is 0 Å². The van der Waals surface area contributed by atoms with Crippen molar-refractivity contribution in [2.24, 2.45) is 5.73 Å². The molecule has 0 saturated carbocycles. The Morgan fingerprint density at radius 2 is 2.19 bits per heavy atom. The number of hydrogen-bond acceptors (Lipinski definition) is 4. The normalized spacial score (nSPS) is 13.6. The summed E-state index contributed by atoms with van der Waals surface area (Å²) in [6, 6.07) is 4.29. The van der Waals surface area contributed by atoms with E-state index in [1.807, 2.05) is 0 Å². The zero-order chi connectivity index (χ0) is 11.7. The topological polar surface area (TPSA) is 59.1 Å². The van der Waals surface area contributed by atoms with Crippen molar-refractivity contribution in [2.45, 2.75) is 12.5 Å². The third-order valence-electron chi connectivity index (χ3n) is 2.19. The minimum Gasteiger partial charge on any atom is -0.385 e. The number of aromatic nitrogens is 1. The Morgan fingerprint density at radius 1 is 1.44 bits per heavy atom. The average molecular weight is 244 g/mol. The molecule has 0 radical (unpaired) electrons. The number of benzene rings is 1. The molecule has 0 saturated heterocycles. The molecule has 1 atom stereocenters. The van der Waals surface area contributed by atoms with Crippen molar-refractivity contribution in [3.63, 3.8) is 0 Å². The van der Waals surface area contributed by atoms with Crippen LogP contribution in [0.4, 0.5) is 8.78 Å². The van der Waals surface area contributed by atoms with Gasteiger partial charge in [-0.1, -0.05) is 6.07 Å². The lowest BCUT2D eigenvalue weighted by molar-refractivity contribution is 0.151. The molecule has 16 heavy (non-hydrogen) atoms. The van der Waals surface area contributed by atoms with Crippen molar-refractivity contribution in [2.75, 3.05) is 6.54 Å². The minimum atomic E-state index is -2.51. The highest BCUT2D eigenvalue weighted by molar-refractivity contribution is 7.18. The van der Waals surface area contributed by atoms with Crippen LogP contribution in [0.5, 0.6) is 0 Å². The van der Waals surface area contributed by atoms with E-state index in [0.29, 0.717) is 10.5 Å². The lowest BCUT2D eigenvalue weighted by Crippen LogP contribution is -2.10. The number of nitrogens with two attached hydrogens (primary N) is 1. The lowest BCUT2D eigenvalue weighted by atomic mass is 10.2. The van der Waals surface area contributed by atoms with Crippen LogP contribution in [0.3, 0.4) is 0 Å². The third-order valence-corrected chi connectivity index (χ3v) is 3.33. The van der Waals surface area contributed by atoms with Gasteiger partial charge in [-0.05, 0) is 12.1 Å².